The van der Waals surface area contributed by atoms with Crippen molar-refractivity contribution in [3.05, 3.63) is 51.8 Å². The van der Waals surface area contributed by atoms with Crippen molar-refractivity contribution in [1.29, 1.82) is 0 Å². The number of thioether (sulfide) groups is 1. The molecule has 6 nitrogen and oxygen atoms in total. The number of halogens is 1. The van der Waals surface area contributed by atoms with E-state index in [2.05, 4.69) is 20.5 Å². The molecule has 1 aliphatic heterocycles. The molecule has 0 bridgehead atoms. The lowest BCUT2D eigenvalue weighted by Gasteiger charge is -2.14. The molecule has 0 saturated carbocycles. The van der Waals surface area contributed by atoms with Crippen LogP contribution in [0.25, 0.3) is 0 Å². The molecule has 8 heteroatoms. The van der Waals surface area contributed by atoms with Gasteiger partial charge < -0.3 is 9.72 Å². The first-order valence-corrected chi connectivity index (χ1v) is 9.52. The number of rotatable bonds is 4. The Balaban J connectivity index is 1.80. The van der Waals surface area contributed by atoms with Crippen LogP contribution in [0, 0.1) is 13.8 Å². The van der Waals surface area contributed by atoms with Gasteiger partial charge in [-0.3, -0.25) is 5.43 Å². The highest BCUT2D eigenvalue weighted by Crippen LogP contribution is 2.24. The monoisotopic (exact) mass is 390 g/mol. The maximum absolute atomic E-state index is 12.1. The second-order valence-electron chi connectivity index (χ2n) is 5.70. The zero-order valence-electron chi connectivity index (χ0n) is 14.7. The molecule has 0 unspecified atom stereocenters. The summed E-state index contributed by atoms with van der Waals surface area (Å²) in [7, 11) is 0. The standard InChI is InChI=1S/C18H19ClN4O2S/c1-4-25-17(24)15-10(2)16(20-11(15)3)14-9-26-18(23-22-14)21-13-7-5-12(19)6-8-13/h5-8,20H,4,9H2,1-3H3,(H,21,23). The number of carbonyl (C=O) groups is 1. The molecule has 1 aliphatic rings. The molecule has 0 saturated heterocycles. The predicted molar refractivity (Wildman–Crippen MR) is 107 cm³/mol. The molecule has 0 spiro atoms. The number of hydrazone groups is 1. The fourth-order valence-electron chi connectivity index (χ4n) is 2.68. The second kappa shape index (κ2) is 7.97. The molecule has 2 N–H and O–H groups in total. The predicted octanol–water partition coefficient (Wildman–Crippen LogP) is 4.19. The molecular formula is C18H19ClN4O2S. The Morgan fingerprint density at radius 1 is 1.35 bits per heavy atom. The Morgan fingerprint density at radius 3 is 2.69 bits per heavy atom. The van der Waals surface area contributed by atoms with Gasteiger partial charge in [0.1, 0.15) is 0 Å². The third kappa shape index (κ3) is 3.94. The van der Waals surface area contributed by atoms with Gasteiger partial charge in [0.2, 0.25) is 0 Å². The van der Waals surface area contributed by atoms with E-state index >= 15 is 0 Å². The van der Waals surface area contributed by atoms with E-state index in [9.17, 15) is 4.79 Å². The van der Waals surface area contributed by atoms with Gasteiger partial charge in [-0.2, -0.15) is 5.10 Å². The molecule has 3 rings (SSSR count). The van der Waals surface area contributed by atoms with Crippen LogP contribution < -0.4 is 5.43 Å². The maximum atomic E-state index is 12.1. The number of aromatic nitrogens is 1. The molecule has 26 heavy (non-hydrogen) atoms. The van der Waals surface area contributed by atoms with Gasteiger partial charge in [0, 0.05) is 16.5 Å². The van der Waals surface area contributed by atoms with Crippen LogP contribution in [0.15, 0.2) is 34.4 Å². The van der Waals surface area contributed by atoms with Gasteiger partial charge in [0.25, 0.3) is 0 Å². The summed E-state index contributed by atoms with van der Waals surface area (Å²) in [6, 6.07) is 7.29. The first kappa shape index (κ1) is 18.5. The Labute approximate surface area is 161 Å². The van der Waals surface area contributed by atoms with Gasteiger partial charge in [-0.25, -0.2) is 9.79 Å². The highest BCUT2D eigenvalue weighted by Gasteiger charge is 2.23. The lowest BCUT2D eigenvalue weighted by atomic mass is 10.1. The van der Waals surface area contributed by atoms with Crippen molar-refractivity contribution in [2.75, 3.05) is 12.4 Å². The number of aliphatic imine (C=N–C) groups is 1. The quantitative estimate of drug-likeness (QED) is 0.767. The number of aryl methyl sites for hydroxylation is 1. The molecule has 1 aromatic carbocycles. The van der Waals surface area contributed by atoms with Crippen LogP contribution in [-0.4, -0.2) is 34.2 Å². The SMILES string of the molecule is CCOC(=O)c1c(C)[nH]c(C2=NNC(=Nc3ccc(Cl)cc3)SC2)c1C. The summed E-state index contributed by atoms with van der Waals surface area (Å²) in [5.41, 5.74) is 7.66. The van der Waals surface area contributed by atoms with Crippen LogP contribution in [0.3, 0.4) is 0 Å². The van der Waals surface area contributed by atoms with Crippen molar-refractivity contribution in [3.8, 4) is 0 Å². The van der Waals surface area contributed by atoms with Crippen LogP contribution in [0.5, 0.6) is 0 Å². The number of esters is 1. The van der Waals surface area contributed by atoms with Crippen molar-refractivity contribution in [2.24, 2.45) is 10.1 Å². The van der Waals surface area contributed by atoms with E-state index in [0.717, 1.165) is 28.4 Å². The minimum atomic E-state index is -0.313. The number of carbonyl (C=O) groups excluding carboxylic acids is 1. The van der Waals surface area contributed by atoms with Crippen LogP contribution >= 0.6 is 23.4 Å². The number of amidine groups is 1. The number of hydrogen-bond acceptors (Lipinski definition) is 5. The van der Waals surface area contributed by atoms with Gasteiger partial charge in [-0.1, -0.05) is 23.4 Å². The van der Waals surface area contributed by atoms with Crippen LogP contribution in [0.4, 0.5) is 5.69 Å². The van der Waals surface area contributed by atoms with Crippen molar-refractivity contribution in [1.82, 2.24) is 10.4 Å². The first-order chi connectivity index (χ1) is 12.5. The summed E-state index contributed by atoms with van der Waals surface area (Å²) in [5.74, 6) is 0.328. The molecule has 0 fully saturated rings. The Kier molecular flexibility index (Phi) is 5.68. The molecule has 1 aromatic heterocycles. The van der Waals surface area contributed by atoms with Crippen molar-refractivity contribution >= 4 is 45.9 Å². The summed E-state index contributed by atoms with van der Waals surface area (Å²) < 4.78 is 5.13. The van der Waals surface area contributed by atoms with Gasteiger partial charge >= 0.3 is 5.97 Å². The molecule has 2 heterocycles. The lowest BCUT2D eigenvalue weighted by Crippen LogP contribution is -2.25. The van der Waals surface area contributed by atoms with E-state index in [-0.39, 0.29) is 5.97 Å². The second-order valence-corrected chi connectivity index (χ2v) is 7.10. The van der Waals surface area contributed by atoms with E-state index in [1.807, 2.05) is 26.0 Å². The number of benzene rings is 1. The zero-order chi connectivity index (χ0) is 18.7. The first-order valence-electron chi connectivity index (χ1n) is 8.16. The fourth-order valence-corrected chi connectivity index (χ4v) is 3.57. The largest absolute Gasteiger partial charge is 0.462 e. The highest BCUT2D eigenvalue weighted by atomic mass is 35.5. The summed E-state index contributed by atoms with van der Waals surface area (Å²) >= 11 is 7.43. The summed E-state index contributed by atoms with van der Waals surface area (Å²) in [5, 5.41) is 5.81. The average molecular weight is 391 g/mol. The average Bonchev–Trinajstić information content (AvgIpc) is 2.92. The topological polar surface area (TPSA) is 78.8 Å². The van der Waals surface area contributed by atoms with Crippen LogP contribution in [0.1, 0.15) is 34.2 Å². The number of H-pyrrole nitrogens is 1. The number of ether oxygens (including phenoxy) is 1. The number of aromatic amines is 1. The van der Waals surface area contributed by atoms with E-state index in [0.29, 0.717) is 28.1 Å². The van der Waals surface area contributed by atoms with E-state index in [1.54, 1.807) is 30.8 Å². The number of hydrogen-bond donors (Lipinski definition) is 2. The molecular weight excluding hydrogens is 372 g/mol. The molecule has 0 atom stereocenters. The maximum Gasteiger partial charge on any atom is 0.340 e. The molecule has 0 amide bonds. The van der Waals surface area contributed by atoms with E-state index < -0.39 is 0 Å². The molecule has 0 radical (unpaired) electrons. The Morgan fingerprint density at radius 2 is 2.08 bits per heavy atom. The minimum Gasteiger partial charge on any atom is -0.462 e. The summed E-state index contributed by atoms with van der Waals surface area (Å²) in [4.78, 5) is 19.9. The van der Waals surface area contributed by atoms with E-state index in [1.165, 1.54) is 0 Å². The Bertz CT molecular complexity index is 887. The van der Waals surface area contributed by atoms with Crippen LogP contribution in [0.2, 0.25) is 5.02 Å². The third-order valence-electron chi connectivity index (χ3n) is 3.90. The lowest BCUT2D eigenvalue weighted by molar-refractivity contribution is 0.0525. The van der Waals surface area contributed by atoms with Crippen LogP contribution in [-0.2, 0) is 4.74 Å². The van der Waals surface area contributed by atoms with Crippen molar-refractivity contribution in [2.45, 2.75) is 20.8 Å². The number of nitrogens with one attached hydrogen (secondary N) is 2. The van der Waals surface area contributed by atoms with Gasteiger partial charge in [0.15, 0.2) is 5.17 Å². The molecule has 136 valence electrons. The minimum absolute atomic E-state index is 0.313. The normalized spacial score (nSPS) is 15.5. The Hall–Kier alpha value is -2.25. The van der Waals surface area contributed by atoms with E-state index in [4.69, 9.17) is 16.3 Å². The smallest absolute Gasteiger partial charge is 0.340 e. The fraction of sp³-hybridized carbons (Fsp3) is 0.278. The number of nitrogens with zero attached hydrogens (tertiary/aromatic N) is 2. The van der Waals surface area contributed by atoms with Gasteiger partial charge in [0.05, 0.1) is 29.3 Å². The molecule has 0 aliphatic carbocycles. The zero-order valence-corrected chi connectivity index (χ0v) is 16.3. The van der Waals surface area contributed by atoms with Crippen molar-refractivity contribution < 1.29 is 9.53 Å². The molecule has 2 aromatic rings. The summed E-state index contributed by atoms with van der Waals surface area (Å²) in [6.07, 6.45) is 0. The third-order valence-corrected chi connectivity index (χ3v) is 5.02. The highest BCUT2D eigenvalue weighted by molar-refractivity contribution is 8.14. The summed E-state index contributed by atoms with van der Waals surface area (Å²) in [6.45, 7) is 5.90. The van der Waals surface area contributed by atoms with Gasteiger partial charge in [-0.05, 0) is 50.6 Å². The van der Waals surface area contributed by atoms with Gasteiger partial charge in [-0.15, -0.1) is 0 Å². The van der Waals surface area contributed by atoms with Crippen molar-refractivity contribution in [3.63, 3.8) is 0 Å².